The average Bonchev–Trinajstić information content (AvgIpc) is 2.68. The van der Waals surface area contributed by atoms with E-state index in [1.54, 1.807) is 43.5 Å². The molecule has 0 atom stereocenters. The zero-order chi connectivity index (χ0) is 19.9. The predicted octanol–water partition coefficient (Wildman–Crippen LogP) is 4.04. The van der Waals surface area contributed by atoms with Crippen molar-refractivity contribution in [2.45, 2.75) is 6.92 Å². The number of nitrogens with one attached hydrogen (secondary N) is 3. The highest BCUT2D eigenvalue weighted by molar-refractivity contribution is 6.04. The van der Waals surface area contributed by atoms with Crippen molar-refractivity contribution in [1.82, 2.24) is 4.98 Å². The summed E-state index contributed by atoms with van der Waals surface area (Å²) >= 11 is 0. The van der Waals surface area contributed by atoms with Crippen LogP contribution in [-0.4, -0.2) is 23.9 Å². The summed E-state index contributed by atoms with van der Waals surface area (Å²) in [5, 5.41) is 8.62. The quantitative estimate of drug-likeness (QED) is 0.604. The highest BCUT2D eigenvalue weighted by atomic mass is 16.5. The average molecular weight is 376 g/mol. The van der Waals surface area contributed by atoms with E-state index < -0.39 is 0 Å². The number of aromatic nitrogens is 1. The monoisotopic (exact) mass is 376 g/mol. The number of rotatable bonds is 6. The fourth-order valence-electron chi connectivity index (χ4n) is 2.53. The van der Waals surface area contributed by atoms with Crippen molar-refractivity contribution in [3.8, 4) is 5.75 Å². The fraction of sp³-hybridized carbons (Fsp3) is 0.0952. The Hall–Kier alpha value is -3.87. The van der Waals surface area contributed by atoms with Gasteiger partial charge >= 0.3 is 0 Å². The van der Waals surface area contributed by atoms with Gasteiger partial charge < -0.3 is 20.7 Å². The summed E-state index contributed by atoms with van der Waals surface area (Å²) in [6, 6.07) is 17.8. The maximum atomic E-state index is 12.4. The second kappa shape index (κ2) is 8.68. The van der Waals surface area contributed by atoms with E-state index in [4.69, 9.17) is 4.74 Å². The number of hydrogen-bond acceptors (Lipinski definition) is 5. The maximum absolute atomic E-state index is 12.4. The molecule has 7 nitrogen and oxygen atoms in total. The van der Waals surface area contributed by atoms with Crippen molar-refractivity contribution < 1.29 is 14.3 Å². The summed E-state index contributed by atoms with van der Waals surface area (Å²) in [5.74, 6) is 0.882. The lowest BCUT2D eigenvalue weighted by Crippen LogP contribution is -2.13. The Bertz CT molecular complexity index is 987. The summed E-state index contributed by atoms with van der Waals surface area (Å²) < 4.78 is 5.19. The van der Waals surface area contributed by atoms with E-state index in [0.29, 0.717) is 22.8 Å². The molecule has 0 radical (unpaired) electrons. The minimum atomic E-state index is -0.291. The van der Waals surface area contributed by atoms with Gasteiger partial charge in [-0.15, -0.1) is 0 Å². The van der Waals surface area contributed by atoms with E-state index in [1.807, 2.05) is 24.3 Å². The predicted molar refractivity (Wildman–Crippen MR) is 109 cm³/mol. The van der Waals surface area contributed by atoms with E-state index >= 15 is 0 Å². The van der Waals surface area contributed by atoms with E-state index in [2.05, 4.69) is 20.9 Å². The first-order valence-corrected chi connectivity index (χ1v) is 8.59. The Morgan fingerprint density at radius 1 is 0.893 bits per heavy atom. The Balaban J connectivity index is 1.66. The molecule has 0 spiro atoms. The second-order valence-electron chi connectivity index (χ2n) is 6.01. The SMILES string of the molecule is COc1cccc(Nc2ccc(C(=O)Nc3cccc(NC(C)=O)c3)cn2)c1. The van der Waals surface area contributed by atoms with Crippen molar-refractivity contribution in [2.24, 2.45) is 0 Å². The molecule has 2 amide bonds. The third-order valence-electron chi connectivity index (χ3n) is 3.81. The number of amides is 2. The molecular formula is C21H20N4O3. The van der Waals surface area contributed by atoms with Crippen LogP contribution in [0.4, 0.5) is 22.9 Å². The number of benzene rings is 2. The standard InChI is InChI=1S/C21H20N4O3/c1-14(26)23-16-5-3-6-17(11-16)25-21(27)15-9-10-20(22-13-15)24-18-7-4-8-19(12-18)28-2/h3-13H,1-2H3,(H,22,24)(H,23,26)(H,25,27). The van der Waals surface area contributed by atoms with Crippen LogP contribution in [0.3, 0.4) is 0 Å². The Morgan fingerprint density at radius 3 is 2.29 bits per heavy atom. The number of carbonyl (C=O) groups is 2. The van der Waals surface area contributed by atoms with Crippen molar-refractivity contribution in [3.05, 3.63) is 72.4 Å². The van der Waals surface area contributed by atoms with E-state index in [9.17, 15) is 9.59 Å². The first-order chi connectivity index (χ1) is 13.5. The number of anilines is 4. The third kappa shape index (κ3) is 5.07. The summed E-state index contributed by atoms with van der Waals surface area (Å²) in [6.07, 6.45) is 1.50. The molecule has 142 valence electrons. The van der Waals surface area contributed by atoms with Crippen molar-refractivity contribution >= 4 is 34.7 Å². The highest BCUT2D eigenvalue weighted by Crippen LogP contribution is 2.21. The van der Waals surface area contributed by atoms with Crippen molar-refractivity contribution in [1.29, 1.82) is 0 Å². The topological polar surface area (TPSA) is 92.4 Å². The van der Waals surface area contributed by atoms with E-state index in [0.717, 1.165) is 11.4 Å². The zero-order valence-corrected chi connectivity index (χ0v) is 15.5. The normalized spacial score (nSPS) is 10.1. The zero-order valence-electron chi connectivity index (χ0n) is 15.5. The van der Waals surface area contributed by atoms with Gasteiger partial charge in [-0.05, 0) is 42.5 Å². The van der Waals surface area contributed by atoms with Gasteiger partial charge in [0, 0.05) is 36.2 Å². The lowest BCUT2D eigenvalue weighted by molar-refractivity contribution is -0.114. The molecule has 28 heavy (non-hydrogen) atoms. The van der Waals surface area contributed by atoms with Crippen molar-refractivity contribution in [2.75, 3.05) is 23.1 Å². The molecule has 1 aromatic heterocycles. The molecule has 0 aliphatic rings. The van der Waals surface area contributed by atoms with Gasteiger partial charge in [-0.2, -0.15) is 0 Å². The molecule has 3 rings (SSSR count). The number of carbonyl (C=O) groups excluding carboxylic acids is 2. The summed E-state index contributed by atoms with van der Waals surface area (Å²) in [5.41, 5.74) is 2.44. The van der Waals surface area contributed by atoms with Gasteiger partial charge in [0.05, 0.1) is 12.7 Å². The van der Waals surface area contributed by atoms with Gasteiger partial charge in [0.2, 0.25) is 5.91 Å². The maximum Gasteiger partial charge on any atom is 0.257 e. The summed E-state index contributed by atoms with van der Waals surface area (Å²) in [7, 11) is 1.61. The van der Waals surface area contributed by atoms with Gasteiger partial charge in [-0.3, -0.25) is 9.59 Å². The van der Waals surface area contributed by atoms with Crippen LogP contribution in [0.5, 0.6) is 5.75 Å². The lowest BCUT2D eigenvalue weighted by Gasteiger charge is -2.09. The number of hydrogen-bond donors (Lipinski definition) is 3. The van der Waals surface area contributed by atoms with Crippen LogP contribution in [0.15, 0.2) is 66.9 Å². The van der Waals surface area contributed by atoms with Gasteiger partial charge in [0.15, 0.2) is 0 Å². The summed E-state index contributed by atoms with van der Waals surface area (Å²) in [6.45, 7) is 1.43. The molecule has 0 bridgehead atoms. The summed E-state index contributed by atoms with van der Waals surface area (Å²) in [4.78, 5) is 27.9. The molecule has 0 saturated heterocycles. The van der Waals surface area contributed by atoms with E-state index in [1.165, 1.54) is 13.1 Å². The van der Waals surface area contributed by atoms with Gasteiger partial charge in [0.1, 0.15) is 11.6 Å². The third-order valence-corrected chi connectivity index (χ3v) is 3.81. The molecule has 1 heterocycles. The van der Waals surface area contributed by atoms with Crippen molar-refractivity contribution in [3.63, 3.8) is 0 Å². The molecule has 0 unspecified atom stereocenters. The minimum absolute atomic E-state index is 0.174. The minimum Gasteiger partial charge on any atom is -0.497 e. The van der Waals surface area contributed by atoms with Gasteiger partial charge in [-0.25, -0.2) is 4.98 Å². The highest BCUT2D eigenvalue weighted by Gasteiger charge is 2.08. The van der Waals surface area contributed by atoms with Crippen LogP contribution < -0.4 is 20.7 Å². The van der Waals surface area contributed by atoms with Crippen LogP contribution in [0.25, 0.3) is 0 Å². The van der Waals surface area contributed by atoms with Crippen LogP contribution in [0, 0.1) is 0 Å². The van der Waals surface area contributed by atoms with Gasteiger partial charge in [0.25, 0.3) is 5.91 Å². The molecule has 3 N–H and O–H groups in total. The van der Waals surface area contributed by atoms with Crippen LogP contribution in [0.2, 0.25) is 0 Å². The van der Waals surface area contributed by atoms with Crippen LogP contribution in [0.1, 0.15) is 17.3 Å². The molecule has 7 heteroatoms. The lowest BCUT2D eigenvalue weighted by atomic mass is 10.2. The largest absolute Gasteiger partial charge is 0.497 e. The Kier molecular flexibility index (Phi) is 5.86. The molecule has 0 saturated carbocycles. The molecule has 0 aliphatic carbocycles. The number of nitrogens with zero attached hydrogens (tertiary/aromatic N) is 1. The number of ether oxygens (including phenoxy) is 1. The van der Waals surface area contributed by atoms with Crippen LogP contribution >= 0.6 is 0 Å². The van der Waals surface area contributed by atoms with Crippen LogP contribution in [-0.2, 0) is 4.79 Å². The molecule has 2 aromatic carbocycles. The molecular weight excluding hydrogens is 356 g/mol. The smallest absolute Gasteiger partial charge is 0.257 e. The first-order valence-electron chi connectivity index (χ1n) is 8.59. The molecule has 3 aromatic rings. The second-order valence-corrected chi connectivity index (χ2v) is 6.01. The Labute approximate surface area is 162 Å². The Morgan fingerprint density at radius 2 is 1.61 bits per heavy atom. The molecule has 0 aliphatic heterocycles. The number of methoxy groups -OCH3 is 1. The fourth-order valence-corrected chi connectivity index (χ4v) is 2.53. The number of pyridine rings is 1. The first kappa shape index (κ1) is 18.9. The van der Waals surface area contributed by atoms with E-state index in [-0.39, 0.29) is 11.8 Å². The van der Waals surface area contributed by atoms with Gasteiger partial charge in [-0.1, -0.05) is 12.1 Å². The molecule has 0 fully saturated rings.